The molecular weight excluding hydrogens is 598 g/mol. The largest absolute Gasteiger partial charge is 0.458 e. The molecule has 7 N–H and O–H groups in total. The average molecular weight is 634 g/mol. The first kappa shape index (κ1) is 32.8. The third-order valence-electron chi connectivity index (χ3n) is 7.18. The summed E-state index contributed by atoms with van der Waals surface area (Å²) < 4.78 is 33.7. The molecule has 0 aliphatic carbocycles. The minimum atomic E-state index is -1.82. The third-order valence-corrected chi connectivity index (χ3v) is 7.18. The summed E-state index contributed by atoms with van der Waals surface area (Å²) >= 11 is 0. The molecule has 0 spiro atoms. The van der Waals surface area contributed by atoms with Crippen molar-refractivity contribution in [3.63, 3.8) is 0 Å². The molecule has 16 heteroatoms. The summed E-state index contributed by atoms with van der Waals surface area (Å²) in [5, 5.41) is 71.7. The summed E-state index contributed by atoms with van der Waals surface area (Å²) in [4.78, 5) is 12.4. The van der Waals surface area contributed by atoms with Crippen LogP contribution in [0.4, 0.5) is 0 Å². The van der Waals surface area contributed by atoms with Crippen LogP contribution in [-0.2, 0) is 27.4 Å². The molecule has 10 atom stereocenters. The Morgan fingerprint density at radius 1 is 0.556 bits per heavy atom. The average Bonchev–Trinajstić information content (AvgIpc) is 3.07. The van der Waals surface area contributed by atoms with E-state index in [1.807, 2.05) is 60.7 Å². The molecule has 5 rings (SSSR count). The van der Waals surface area contributed by atoms with Gasteiger partial charge in [0.05, 0.1) is 13.2 Å². The lowest BCUT2D eigenvalue weighted by molar-refractivity contribution is -0.352. The van der Waals surface area contributed by atoms with Crippen LogP contribution in [0.2, 0.25) is 0 Å². The molecule has 45 heavy (non-hydrogen) atoms. The molecule has 0 amide bonds. The van der Waals surface area contributed by atoms with E-state index in [0.29, 0.717) is 0 Å². The summed E-state index contributed by atoms with van der Waals surface area (Å²) in [6, 6.07) is 17.7. The molecule has 3 aromatic rings. The highest BCUT2D eigenvalue weighted by Crippen LogP contribution is 2.30. The molecule has 2 aliphatic heterocycles. The maximum Gasteiger partial charge on any atom is 0.328 e. The molecule has 16 nitrogen and oxygen atoms in total. The van der Waals surface area contributed by atoms with Crippen LogP contribution in [0.5, 0.6) is 18.0 Å². The van der Waals surface area contributed by atoms with Gasteiger partial charge in [-0.25, -0.2) is 0 Å². The Morgan fingerprint density at radius 3 is 1.58 bits per heavy atom. The van der Waals surface area contributed by atoms with E-state index in [0.717, 1.165) is 11.1 Å². The summed E-state index contributed by atoms with van der Waals surface area (Å²) in [6.07, 6.45) is -16.3. The zero-order chi connectivity index (χ0) is 31.9. The van der Waals surface area contributed by atoms with Gasteiger partial charge in [0.15, 0.2) is 6.29 Å². The van der Waals surface area contributed by atoms with Gasteiger partial charge >= 0.3 is 18.0 Å². The van der Waals surface area contributed by atoms with Gasteiger partial charge in [-0.1, -0.05) is 60.7 Å². The number of aromatic nitrogens is 3. The second-order valence-corrected chi connectivity index (χ2v) is 10.4. The lowest BCUT2D eigenvalue weighted by Gasteiger charge is -2.45. The first-order valence-electron chi connectivity index (χ1n) is 14.1. The van der Waals surface area contributed by atoms with E-state index in [-0.39, 0.29) is 25.2 Å². The highest BCUT2D eigenvalue weighted by Gasteiger charge is 2.51. The third kappa shape index (κ3) is 8.00. The summed E-state index contributed by atoms with van der Waals surface area (Å²) in [5.41, 5.74) is 1.66. The van der Waals surface area contributed by atoms with Crippen LogP contribution in [0.15, 0.2) is 60.7 Å². The zero-order valence-corrected chi connectivity index (χ0v) is 23.8. The fraction of sp³-hybridized carbons (Fsp3) is 0.483. The maximum absolute atomic E-state index is 10.9. The Balaban J connectivity index is 1.31. The van der Waals surface area contributed by atoms with Crippen molar-refractivity contribution in [2.45, 2.75) is 74.6 Å². The van der Waals surface area contributed by atoms with E-state index < -0.39 is 80.6 Å². The van der Waals surface area contributed by atoms with Crippen LogP contribution in [0.25, 0.3) is 0 Å². The summed E-state index contributed by atoms with van der Waals surface area (Å²) in [5.74, 6) is 0. The van der Waals surface area contributed by atoms with E-state index in [2.05, 4.69) is 15.0 Å². The standard InChI is InChI=1S/C29H35N3O13/c33-11-17-19(35)20(36)22(38)25(42-17)44-24-18(12-34)43-26(23(39)21(24)37)45-29-31-27(40-13-15-7-3-1-4-8-15)30-28(32-29)41-14-16-9-5-2-6-10-16/h1-10,17-26,33-39H,11-14H2/t17-,18-,19-,20+,21-,22-,23-,24-,25+,26?/m1/s1. The second kappa shape index (κ2) is 15.2. The van der Waals surface area contributed by atoms with Gasteiger partial charge in [0.1, 0.15) is 62.0 Å². The molecule has 1 unspecified atom stereocenters. The van der Waals surface area contributed by atoms with E-state index in [9.17, 15) is 35.7 Å². The SMILES string of the molecule is OC[C@H]1O[C@@H](O[C@H]2[C@H](O)[C@@H](O)C(Oc3nc(OCc4ccccc4)nc(OCc4ccccc4)n3)O[C@@H]2CO)[C@H](O)[C@@H](O)[C@@H]1O. The Kier molecular flexibility index (Phi) is 11.1. The van der Waals surface area contributed by atoms with Gasteiger partial charge in [0, 0.05) is 0 Å². The van der Waals surface area contributed by atoms with Crippen LogP contribution in [-0.4, -0.2) is 125 Å². The van der Waals surface area contributed by atoms with Crippen molar-refractivity contribution >= 4 is 0 Å². The Bertz CT molecular complexity index is 1280. The van der Waals surface area contributed by atoms with Gasteiger partial charge in [-0.3, -0.25) is 0 Å². The lowest BCUT2D eigenvalue weighted by atomic mass is 9.97. The predicted molar refractivity (Wildman–Crippen MR) is 148 cm³/mol. The van der Waals surface area contributed by atoms with E-state index in [4.69, 9.17) is 28.4 Å². The molecule has 0 radical (unpaired) electrons. The molecule has 3 heterocycles. The van der Waals surface area contributed by atoms with Gasteiger partial charge in [-0.05, 0) is 11.1 Å². The van der Waals surface area contributed by atoms with Crippen molar-refractivity contribution in [3.8, 4) is 18.0 Å². The summed E-state index contributed by atoms with van der Waals surface area (Å²) in [7, 11) is 0. The number of nitrogens with zero attached hydrogens (tertiary/aromatic N) is 3. The number of ether oxygens (including phenoxy) is 6. The summed E-state index contributed by atoms with van der Waals surface area (Å²) in [6.45, 7) is -1.25. The highest BCUT2D eigenvalue weighted by atomic mass is 16.7. The normalized spacial score (nSPS) is 31.7. The fourth-order valence-electron chi connectivity index (χ4n) is 4.70. The number of hydrogen-bond donors (Lipinski definition) is 7. The predicted octanol–water partition coefficient (Wildman–Crippen LogP) is -1.97. The molecule has 244 valence electrons. The Hall–Kier alpha value is -3.55. The van der Waals surface area contributed by atoms with E-state index in [1.54, 1.807) is 0 Å². The number of aliphatic hydroxyl groups excluding tert-OH is 7. The van der Waals surface area contributed by atoms with Crippen LogP contribution in [0.3, 0.4) is 0 Å². The van der Waals surface area contributed by atoms with Gasteiger partial charge < -0.3 is 64.2 Å². The quantitative estimate of drug-likeness (QED) is 0.115. The Morgan fingerprint density at radius 2 is 1.04 bits per heavy atom. The van der Waals surface area contributed by atoms with Crippen molar-refractivity contribution in [1.29, 1.82) is 0 Å². The van der Waals surface area contributed by atoms with Crippen LogP contribution in [0.1, 0.15) is 11.1 Å². The van der Waals surface area contributed by atoms with Crippen molar-refractivity contribution in [3.05, 3.63) is 71.8 Å². The monoisotopic (exact) mass is 633 g/mol. The van der Waals surface area contributed by atoms with Gasteiger partial charge in [-0.15, -0.1) is 15.0 Å². The molecule has 2 aliphatic rings. The molecule has 0 saturated carbocycles. The smallest absolute Gasteiger partial charge is 0.328 e. The number of hydrogen-bond acceptors (Lipinski definition) is 16. The zero-order valence-electron chi connectivity index (χ0n) is 23.8. The van der Waals surface area contributed by atoms with Crippen molar-refractivity contribution in [2.75, 3.05) is 13.2 Å². The molecule has 0 bridgehead atoms. The maximum atomic E-state index is 10.9. The van der Waals surface area contributed by atoms with Gasteiger partial charge in [0.2, 0.25) is 6.29 Å². The van der Waals surface area contributed by atoms with Crippen LogP contribution < -0.4 is 14.2 Å². The topological polar surface area (TPSA) is 236 Å². The van der Waals surface area contributed by atoms with Crippen molar-refractivity contribution < 1.29 is 64.2 Å². The molecular formula is C29H35N3O13. The Labute approximate surface area is 257 Å². The first-order valence-corrected chi connectivity index (χ1v) is 14.1. The number of rotatable bonds is 12. The highest BCUT2D eigenvalue weighted by molar-refractivity contribution is 5.17. The van der Waals surface area contributed by atoms with Crippen molar-refractivity contribution in [1.82, 2.24) is 15.0 Å². The van der Waals surface area contributed by atoms with Crippen LogP contribution >= 0.6 is 0 Å². The minimum absolute atomic E-state index is 0.104. The van der Waals surface area contributed by atoms with Crippen LogP contribution in [0, 0.1) is 0 Å². The second-order valence-electron chi connectivity index (χ2n) is 10.4. The first-order chi connectivity index (χ1) is 21.8. The fourth-order valence-corrected chi connectivity index (χ4v) is 4.70. The lowest BCUT2D eigenvalue weighted by Crippen LogP contribution is -2.65. The number of aliphatic hydroxyl groups is 7. The van der Waals surface area contributed by atoms with E-state index >= 15 is 0 Å². The van der Waals surface area contributed by atoms with E-state index in [1.165, 1.54) is 0 Å². The molecule has 2 saturated heterocycles. The van der Waals surface area contributed by atoms with Gasteiger partial charge in [-0.2, -0.15) is 0 Å². The molecule has 1 aromatic heterocycles. The van der Waals surface area contributed by atoms with Crippen molar-refractivity contribution in [2.24, 2.45) is 0 Å². The molecule has 2 aromatic carbocycles. The molecule has 2 fully saturated rings. The number of benzene rings is 2. The van der Waals surface area contributed by atoms with Gasteiger partial charge in [0.25, 0.3) is 0 Å². The minimum Gasteiger partial charge on any atom is -0.458 e.